The van der Waals surface area contributed by atoms with Crippen LogP contribution in [-0.4, -0.2) is 107 Å². The van der Waals surface area contributed by atoms with Crippen LogP contribution in [0, 0.1) is 0 Å². The maximum atomic E-state index is 13.3. The van der Waals surface area contributed by atoms with E-state index in [0.29, 0.717) is 19.8 Å². The predicted octanol–water partition coefficient (Wildman–Crippen LogP) is -3.61. The first-order chi connectivity index (χ1) is 18.7. The molecule has 2 aromatic rings. The number of amides is 3. The number of fused-ring (bicyclic) bond motifs is 1. The first-order valence-electron chi connectivity index (χ1n) is 12.3. The lowest BCUT2D eigenvalue weighted by Crippen LogP contribution is -2.87. The molecule has 0 radical (unpaired) electrons. The van der Waals surface area contributed by atoms with Crippen LogP contribution in [0.4, 0.5) is 5.69 Å². The van der Waals surface area contributed by atoms with Crippen molar-refractivity contribution < 1.29 is 54.9 Å². The minimum Gasteiger partial charge on any atom is -0.380 e. The second kappa shape index (κ2) is 9.55. The Balaban J connectivity index is 1.48. The molecule has 2 aromatic carbocycles. The minimum atomic E-state index is -4.50. The molecule has 1 unspecified atom stereocenters. The van der Waals surface area contributed by atoms with E-state index in [9.17, 15) is 50.1 Å². The lowest BCUT2D eigenvalue weighted by molar-refractivity contribution is -0.433. The number of carbonyl (C=O) groups is 3. The van der Waals surface area contributed by atoms with Gasteiger partial charge in [0.15, 0.2) is 0 Å². The normalized spacial score (nSPS) is 25.5. The summed E-state index contributed by atoms with van der Waals surface area (Å²) in [7, 11) is 0. The Kier molecular flexibility index (Phi) is 6.69. The molecule has 2 saturated heterocycles. The molecule has 2 fully saturated rings. The molecular formula is C25H28N4O11. The largest absolute Gasteiger partial charge is 0.380 e. The topological polar surface area (TPSA) is 233 Å². The number of hydrogen-bond acceptors (Lipinski definition) is 13. The van der Waals surface area contributed by atoms with Gasteiger partial charge < -0.3 is 45.8 Å². The number of benzene rings is 2. The fraction of sp³-hybridized carbons (Fsp3) is 0.400. The van der Waals surface area contributed by atoms with Gasteiger partial charge in [-0.15, -0.1) is 0 Å². The second-order valence-corrected chi connectivity index (χ2v) is 9.81. The highest BCUT2D eigenvalue weighted by Gasteiger charge is 2.79. The number of anilines is 1. The molecule has 9 N–H and O–H groups in total. The fourth-order valence-electron chi connectivity index (χ4n) is 5.16. The summed E-state index contributed by atoms with van der Waals surface area (Å²) in [6.45, 7) is 3.51. The van der Waals surface area contributed by atoms with E-state index < -0.39 is 57.0 Å². The maximum absolute atomic E-state index is 13.3. The van der Waals surface area contributed by atoms with Crippen molar-refractivity contribution in [3.63, 3.8) is 0 Å². The molecule has 3 aliphatic heterocycles. The number of aliphatic hydroxyl groups is 7. The molecule has 0 saturated carbocycles. The molecule has 0 bridgehead atoms. The van der Waals surface area contributed by atoms with Crippen molar-refractivity contribution >= 4 is 23.4 Å². The SMILES string of the molecule is O=C1c2cccc(NCc3ccccc3CN3CCOCC3)c2C(O)(O)N1C1(O)C(=O)NC(=O)C(O)(O)C1(O)O. The third-order valence-corrected chi connectivity index (χ3v) is 7.39. The van der Waals surface area contributed by atoms with Gasteiger partial charge in [-0.25, -0.2) is 4.90 Å². The van der Waals surface area contributed by atoms with Gasteiger partial charge in [0.2, 0.25) is 0 Å². The summed E-state index contributed by atoms with van der Waals surface area (Å²) in [4.78, 5) is 39.5. The summed E-state index contributed by atoms with van der Waals surface area (Å²) in [5, 5.41) is 78.4. The number of ether oxygens (including phenoxy) is 1. The Hall–Kier alpha value is -3.51. The first kappa shape index (κ1) is 28.0. The lowest BCUT2D eigenvalue weighted by Gasteiger charge is -2.51. The molecule has 0 spiro atoms. The molecule has 40 heavy (non-hydrogen) atoms. The molecule has 3 amide bonds. The third-order valence-electron chi connectivity index (χ3n) is 7.39. The minimum absolute atomic E-state index is 0.0313. The lowest BCUT2D eigenvalue weighted by atomic mass is 9.86. The van der Waals surface area contributed by atoms with Gasteiger partial charge in [0, 0.05) is 31.9 Å². The molecule has 0 aliphatic carbocycles. The van der Waals surface area contributed by atoms with E-state index in [0.717, 1.165) is 30.3 Å². The van der Waals surface area contributed by atoms with Crippen LogP contribution >= 0.6 is 0 Å². The fourth-order valence-corrected chi connectivity index (χ4v) is 5.16. The molecule has 3 heterocycles. The van der Waals surface area contributed by atoms with Crippen molar-refractivity contribution in [1.82, 2.24) is 15.1 Å². The van der Waals surface area contributed by atoms with Gasteiger partial charge in [0.05, 0.1) is 24.3 Å². The van der Waals surface area contributed by atoms with Crippen LogP contribution in [0.15, 0.2) is 42.5 Å². The van der Waals surface area contributed by atoms with Crippen LogP contribution in [-0.2, 0) is 33.3 Å². The van der Waals surface area contributed by atoms with Gasteiger partial charge in [0.1, 0.15) is 0 Å². The Morgan fingerprint density at radius 1 is 0.850 bits per heavy atom. The Morgan fingerprint density at radius 2 is 1.50 bits per heavy atom. The number of nitrogens with one attached hydrogen (secondary N) is 2. The van der Waals surface area contributed by atoms with E-state index in [4.69, 9.17) is 4.74 Å². The maximum Gasteiger partial charge on any atom is 0.306 e. The van der Waals surface area contributed by atoms with E-state index in [1.54, 1.807) is 0 Å². The van der Waals surface area contributed by atoms with Crippen molar-refractivity contribution in [2.45, 2.75) is 36.3 Å². The highest BCUT2D eigenvalue weighted by Crippen LogP contribution is 2.48. The number of hydrogen-bond donors (Lipinski definition) is 9. The summed E-state index contributed by atoms with van der Waals surface area (Å²) >= 11 is 0. The number of imide groups is 1. The number of nitrogens with zero attached hydrogens (tertiary/aromatic N) is 2. The molecule has 1 atom stereocenters. The van der Waals surface area contributed by atoms with Crippen LogP contribution in [0.25, 0.3) is 0 Å². The molecule has 0 aromatic heterocycles. The Morgan fingerprint density at radius 3 is 2.17 bits per heavy atom. The van der Waals surface area contributed by atoms with E-state index in [2.05, 4.69) is 10.2 Å². The van der Waals surface area contributed by atoms with Crippen molar-refractivity contribution in [1.29, 1.82) is 0 Å². The van der Waals surface area contributed by atoms with Crippen LogP contribution in [0.3, 0.4) is 0 Å². The molecule has 5 rings (SSSR count). The summed E-state index contributed by atoms with van der Waals surface area (Å²) in [5.41, 5.74) is -3.41. The smallest absolute Gasteiger partial charge is 0.306 e. The average molecular weight is 561 g/mol. The Bertz CT molecular complexity index is 1370. The van der Waals surface area contributed by atoms with Gasteiger partial charge >= 0.3 is 5.79 Å². The quantitative estimate of drug-likeness (QED) is 0.123. The Labute approximate surface area is 226 Å². The van der Waals surface area contributed by atoms with Crippen molar-refractivity contribution in [2.24, 2.45) is 0 Å². The monoisotopic (exact) mass is 560 g/mol. The van der Waals surface area contributed by atoms with Crippen LogP contribution in [0.5, 0.6) is 0 Å². The summed E-state index contributed by atoms with van der Waals surface area (Å²) in [5.74, 6) is -17.9. The third kappa shape index (κ3) is 3.99. The van der Waals surface area contributed by atoms with Crippen LogP contribution in [0.1, 0.15) is 27.0 Å². The van der Waals surface area contributed by atoms with Crippen LogP contribution in [0.2, 0.25) is 0 Å². The zero-order chi connectivity index (χ0) is 29.1. The first-order valence-corrected chi connectivity index (χ1v) is 12.3. The highest BCUT2D eigenvalue weighted by atomic mass is 16.6. The van der Waals surface area contributed by atoms with E-state index in [1.165, 1.54) is 17.4 Å². The van der Waals surface area contributed by atoms with E-state index >= 15 is 0 Å². The number of piperidine rings is 1. The number of rotatable bonds is 6. The molecule has 15 nitrogen and oxygen atoms in total. The molecular weight excluding hydrogens is 532 g/mol. The second-order valence-electron chi connectivity index (χ2n) is 9.81. The van der Waals surface area contributed by atoms with Crippen molar-refractivity contribution in [2.75, 3.05) is 31.6 Å². The number of morpholine rings is 1. The molecule has 214 valence electrons. The summed E-state index contributed by atoms with van der Waals surface area (Å²) in [6.07, 6.45) is 0. The van der Waals surface area contributed by atoms with Gasteiger partial charge in [-0.3, -0.25) is 24.6 Å². The highest BCUT2D eigenvalue weighted by molar-refractivity contribution is 6.10. The summed E-state index contributed by atoms with van der Waals surface area (Å²) in [6, 6.07) is 11.3. The predicted molar refractivity (Wildman–Crippen MR) is 131 cm³/mol. The van der Waals surface area contributed by atoms with Gasteiger partial charge in [-0.2, -0.15) is 0 Å². The van der Waals surface area contributed by atoms with Gasteiger partial charge in [0.25, 0.3) is 35.1 Å². The van der Waals surface area contributed by atoms with Gasteiger partial charge in [-0.1, -0.05) is 30.3 Å². The molecule has 15 heteroatoms. The zero-order valence-electron chi connectivity index (χ0n) is 20.9. The zero-order valence-corrected chi connectivity index (χ0v) is 20.9. The van der Waals surface area contributed by atoms with Gasteiger partial charge in [-0.05, 0) is 23.3 Å². The van der Waals surface area contributed by atoms with Crippen molar-refractivity contribution in [3.05, 3.63) is 64.7 Å². The summed E-state index contributed by atoms with van der Waals surface area (Å²) < 4.78 is 5.39. The van der Waals surface area contributed by atoms with E-state index in [1.807, 2.05) is 24.3 Å². The average Bonchev–Trinajstić information content (AvgIpc) is 3.12. The standard InChI is InChI=1S/C25H28N4O11/c30-19-16-6-3-7-17(26-12-14-4-1-2-5-15(14)13-28-8-10-40-11-9-28)18(16)24(36,37)29(19)22(33)20(31)27-21(32)23(34,35)25(22,38)39/h1-7,26,33-39H,8-13H2,(H,27,31,32). The van der Waals surface area contributed by atoms with Crippen molar-refractivity contribution in [3.8, 4) is 0 Å². The number of carbonyl (C=O) groups excluding carboxylic acids is 3. The van der Waals surface area contributed by atoms with E-state index in [-0.39, 0.29) is 12.2 Å². The molecule has 3 aliphatic rings. The van der Waals surface area contributed by atoms with Crippen LogP contribution < -0.4 is 10.6 Å².